The predicted molar refractivity (Wildman–Crippen MR) is 81.3 cm³/mol. The molecule has 4 heteroatoms. The number of hydrogen-bond donors (Lipinski definition) is 1. The third-order valence-electron chi connectivity index (χ3n) is 4.92. The maximum atomic E-state index is 6.15. The first-order valence-electron chi connectivity index (χ1n) is 7.57. The van der Waals surface area contributed by atoms with Crippen LogP contribution in [0.25, 0.3) is 0 Å². The first kappa shape index (κ1) is 14.6. The van der Waals surface area contributed by atoms with Crippen molar-refractivity contribution in [2.45, 2.75) is 51.5 Å². The number of aliphatic imine (C=N–C) groups is 1. The van der Waals surface area contributed by atoms with Crippen LogP contribution in [0.2, 0.25) is 0 Å². The molecule has 1 atom stereocenters. The molecule has 1 unspecified atom stereocenters. The van der Waals surface area contributed by atoms with Gasteiger partial charge in [-0.15, -0.1) is 0 Å². The molecule has 1 aliphatic carbocycles. The standard InChI is InChI=1S/C15H30N4/c1-14(2)6-5-7-15(9-8-14)12-17-13(16)19(15)11-10-18(3)4/h5-12H2,1-4H3,(H2,16,17). The molecule has 1 fully saturated rings. The van der Waals surface area contributed by atoms with Crippen LogP contribution in [0.4, 0.5) is 0 Å². The minimum Gasteiger partial charge on any atom is -0.370 e. The van der Waals surface area contributed by atoms with Gasteiger partial charge in [0.05, 0.1) is 12.1 Å². The van der Waals surface area contributed by atoms with Crippen molar-refractivity contribution >= 4 is 5.96 Å². The zero-order valence-electron chi connectivity index (χ0n) is 13.1. The lowest BCUT2D eigenvalue weighted by Crippen LogP contribution is -2.53. The number of nitrogens with zero attached hydrogens (tertiary/aromatic N) is 3. The molecule has 0 bridgehead atoms. The molecule has 0 aromatic heterocycles. The highest BCUT2D eigenvalue weighted by Gasteiger charge is 2.44. The summed E-state index contributed by atoms with van der Waals surface area (Å²) in [6, 6.07) is 0. The molecule has 1 spiro atoms. The van der Waals surface area contributed by atoms with Crippen LogP contribution in [0, 0.1) is 5.41 Å². The van der Waals surface area contributed by atoms with E-state index in [2.05, 4.69) is 42.7 Å². The van der Waals surface area contributed by atoms with Gasteiger partial charge in [-0.2, -0.15) is 0 Å². The van der Waals surface area contributed by atoms with Crippen LogP contribution in [-0.2, 0) is 0 Å². The van der Waals surface area contributed by atoms with Gasteiger partial charge in [0.2, 0.25) is 0 Å². The minimum absolute atomic E-state index is 0.216. The van der Waals surface area contributed by atoms with E-state index < -0.39 is 0 Å². The van der Waals surface area contributed by atoms with Gasteiger partial charge in [-0.3, -0.25) is 4.99 Å². The second kappa shape index (κ2) is 5.31. The van der Waals surface area contributed by atoms with E-state index in [9.17, 15) is 0 Å². The van der Waals surface area contributed by atoms with Crippen LogP contribution >= 0.6 is 0 Å². The fraction of sp³-hybridized carbons (Fsp3) is 0.933. The van der Waals surface area contributed by atoms with Gasteiger partial charge in [0.15, 0.2) is 5.96 Å². The van der Waals surface area contributed by atoms with Crippen molar-refractivity contribution in [1.29, 1.82) is 0 Å². The summed E-state index contributed by atoms with van der Waals surface area (Å²) < 4.78 is 0. The second-order valence-corrected chi connectivity index (χ2v) is 7.37. The summed E-state index contributed by atoms with van der Waals surface area (Å²) in [7, 11) is 4.23. The molecule has 0 amide bonds. The normalized spacial score (nSPS) is 30.8. The lowest BCUT2D eigenvalue weighted by molar-refractivity contribution is 0.157. The molecule has 0 radical (unpaired) electrons. The van der Waals surface area contributed by atoms with Crippen molar-refractivity contribution in [1.82, 2.24) is 9.80 Å². The van der Waals surface area contributed by atoms with Gasteiger partial charge in [-0.25, -0.2) is 0 Å². The summed E-state index contributed by atoms with van der Waals surface area (Å²) in [5.41, 5.74) is 6.84. The summed E-state index contributed by atoms with van der Waals surface area (Å²) in [4.78, 5) is 9.18. The molecule has 4 nitrogen and oxygen atoms in total. The second-order valence-electron chi connectivity index (χ2n) is 7.37. The van der Waals surface area contributed by atoms with Crippen molar-refractivity contribution in [3.8, 4) is 0 Å². The zero-order chi connectivity index (χ0) is 14.1. The molecular formula is C15H30N4. The molecular weight excluding hydrogens is 236 g/mol. The number of guanidine groups is 1. The van der Waals surface area contributed by atoms with Gasteiger partial charge >= 0.3 is 0 Å². The average Bonchev–Trinajstić information content (AvgIpc) is 2.52. The molecule has 0 saturated heterocycles. The predicted octanol–water partition coefficient (Wildman–Crippen LogP) is 1.91. The highest BCUT2D eigenvalue weighted by Crippen LogP contribution is 2.42. The quantitative estimate of drug-likeness (QED) is 0.848. The Kier molecular flexibility index (Phi) is 4.09. The molecule has 1 heterocycles. The molecule has 19 heavy (non-hydrogen) atoms. The summed E-state index contributed by atoms with van der Waals surface area (Å²) >= 11 is 0. The SMILES string of the molecule is CN(C)CCN1C(N)=NCC12CCCC(C)(C)CC2. The Morgan fingerprint density at radius 2 is 1.95 bits per heavy atom. The molecule has 1 saturated carbocycles. The van der Waals surface area contributed by atoms with Crippen molar-refractivity contribution in [3.05, 3.63) is 0 Å². The molecule has 1 aliphatic heterocycles. The van der Waals surface area contributed by atoms with Gasteiger partial charge in [-0.05, 0) is 45.2 Å². The first-order valence-corrected chi connectivity index (χ1v) is 7.57. The maximum absolute atomic E-state index is 6.15. The van der Waals surface area contributed by atoms with E-state index >= 15 is 0 Å². The molecule has 2 rings (SSSR count). The smallest absolute Gasteiger partial charge is 0.191 e. The Bertz CT molecular complexity index is 348. The minimum atomic E-state index is 0.216. The average molecular weight is 266 g/mol. The van der Waals surface area contributed by atoms with E-state index in [1.165, 1.54) is 32.1 Å². The fourth-order valence-electron chi connectivity index (χ4n) is 3.44. The molecule has 110 valence electrons. The van der Waals surface area contributed by atoms with Crippen LogP contribution in [0.15, 0.2) is 4.99 Å². The Balaban J connectivity index is 2.08. The number of rotatable bonds is 3. The Morgan fingerprint density at radius 1 is 1.21 bits per heavy atom. The van der Waals surface area contributed by atoms with Crippen LogP contribution in [0.1, 0.15) is 46.0 Å². The largest absolute Gasteiger partial charge is 0.370 e. The van der Waals surface area contributed by atoms with Gasteiger partial charge in [-0.1, -0.05) is 20.3 Å². The van der Waals surface area contributed by atoms with Crippen LogP contribution in [0.5, 0.6) is 0 Å². The third-order valence-corrected chi connectivity index (χ3v) is 4.92. The highest BCUT2D eigenvalue weighted by molar-refractivity contribution is 5.81. The third kappa shape index (κ3) is 3.22. The Morgan fingerprint density at radius 3 is 2.63 bits per heavy atom. The van der Waals surface area contributed by atoms with Crippen molar-refractivity contribution in [2.75, 3.05) is 33.7 Å². The Hall–Kier alpha value is -0.770. The molecule has 0 aromatic carbocycles. The van der Waals surface area contributed by atoms with Gasteiger partial charge < -0.3 is 15.5 Å². The summed E-state index contributed by atoms with van der Waals surface area (Å²) in [5, 5.41) is 0. The monoisotopic (exact) mass is 266 g/mol. The number of likely N-dealkylation sites (N-methyl/N-ethyl adjacent to an activating group) is 1. The van der Waals surface area contributed by atoms with Crippen LogP contribution in [0.3, 0.4) is 0 Å². The summed E-state index contributed by atoms with van der Waals surface area (Å²) in [6.45, 7) is 7.75. The number of hydrogen-bond acceptors (Lipinski definition) is 4. The van der Waals surface area contributed by atoms with E-state index in [1.54, 1.807) is 0 Å². The van der Waals surface area contributed by atoms with Gasteiger partial charge in [0.25, 0.3) is 0 Å². The Labute approximate surface area is 118 Å². The van der Waals surface area contributed by atoms with E-state index in [4.69, 9.17) is 5.73 Å². The number of nitrogens with two attached hydrogens (primary N) is 1. The van der Waals surface area contributed by atoms with E-state index in [0.717, 1.165) is 25.6 Å². The maximum Gasteiger partial charge on any atom is 0.191 e. The van der Waals surface area contributed by atoms with Gasteiger partial charge in [0.1, 0.15) is 0 Å². The fourth-order valence-corrected chi connectivity index (χ4v) is 3.44. The highest BCUT2D eigenvalue weighted by atomic mass is 15.4. The van der Waals surface area contributed by atoms with Crippen LogP contribution < -0.4 is 5.73 Å². The van der Waals surface area contributed by atoms with Crippen molar-refractivity contribution < 1.29 is 0 Å². The summed E-state index contributed by atoms with van der Waals surface area (Å²) in [6.07, 6.45) is 6.39. The molecule has 2 aliphatic rings. The van der Waals surface area contributed by atoms with E-state index in [-0.39, 0.29) is 5.54 Å². The van der Waals surface area contributed by atoms with E-state index in [1.807, 2.05) is 0 Å². The zero-order valence-corrected chi connectivity index (χ0v) is 13.1. The van der Waals surface area contributed by atoms with E-state index in [0.29, 0.717) is 5.41 Å². The first-order chi connectivity index (χ1) is 8.85. The molecule has 2 N–H and O–H groups in total. The van der Waals surface area contributed by atoms with Crippen LogP contribution in [-0.4, -0.2) is 55.0 Å². The summed E-state index contributed by atoms with van der Waals surface area (Å²) in [5.74, 6) is 0.765. The van der Waals surface area contributed by atoms with Crippen molar-refractivity contribution in [3.63, 3.8) is 0 Å². The topological polar surface area (TPSA) is 44.9 Å². The lowest BCUT2D eigenvalue weighted by atomic mass is 9.83. The van der Waals surface area contributed by atoms with Crippen molar-refractivity contribution in [2.24, 2.45) is 16.1 Å². The van der Waals surface area contributed by atoms with Gasteiger partial charge in [0, 0.05) is 13.1 Å². The molecule has 0 aromatic rings. The lowest BCUT2D eigenvalue weighted by Gasteiger charge is -2.39.